The van der Waals surface area contributed by atoms with Crippen LogP contribution in [0.25, 0.3) is 0 Å². The number of nitrogens with one attached hydrogen (secondary N) is 1. The minimum atomic E-state index is 0.750. The van der Waals surface area contributed by atoms with Crippen molar-refractivity contribution in [2.24, 2.45) is 11.8 Å². The van der Waals surface area contributed by atoms with Gasteiger partial charge in [-0.3, -0.25) is 0 Å². The van der Waals surface area contributed by atoms with Crippen LogP contribution in [-0.4, -0.2) is 11.0 Å². The predicted molar refractivity (Wildman–Crippen MR) is 52.6 cm³/mol. The van der Waals surface area contributed by atoms with Gasteiger partial charge in [-0.2, -0.15) is 0 Å². The van der Waals surface area contributed by atoms with Gasteiger partial charge in [0.25, 0.3) is 0 Å². The van der Waals surface area contributed by atoms with Gasteiger partial charge in [0.15, 0.2) is 6.39 Å². The average Bonchev–Trinajstić information content (AvgIpc) is 3.09. The van der Waals surface area contributed by atoms with Crippen LogP contribution in [0.1, 0.15) is 31.4 Å². The summed E-state index contributed by atoms with van der Waals surface area (Å²) in [6.07, 6.45) is 8.98. The third kappa shape index (κ3) is 1.82. The average molecular weight is 192 g/mol. The molecule has 0 bridgehead atoms. The van der Waals surface area contributed by atoms with Gasteiger partial charge >= 0.3 is 0 Å². The van der Waals surface area contributed by atoms with E-state index in [9.17, 15) is 0 Å². The second-order valence-electron chi connectivity index (χ2n) is 4.55. The molecule has 2 aliphatic rings. The number of nitrogens with zero attached hydrogens (tertiary/aromatic N) is 1. The van der Waals surface area contributed by atoms with Gasteiger partial charge in [0.05, 0.1) is 12.7 Å². The van der Waals surface area contributed by atoms with E-state index >= 15 is 0 Å². The minimum absolute atomic E-state index is 0.750. The van der Waals surface area contributed by atoms with Gasteiger partial charge in [0.2, 0.25) is 0 Å². The Morgan fingerprint density at radius 2 is 2.07 bits per heavy atom. The molecule has 2 fully saturated rings. The molecule has 0 unspecified atom stereocenters. The third-order valence-electron chi connectivity index (χ3n) is 3.26. The summed E-state index contributed by atoms with van der Waals surface area (Å²) in [6.45, 7) is 0.845. The molecule has 2 aliphatic carbocycles. The monoisotopic (exact) mass is 192 g/mol. The van der Waals surface area contributed by atoms with Crippen molar-refractivity contribution in [3.8, 4) is 0 Å². The van der Waals surface area contributed by atoms with Crippen molar-refractivity contribution in [2.45, 2.75) is 38.3 Å². The molecule has 1 heterocycles. The molecule has 0 radical (unpaired) electrons. The largest absolute Gasteiger partial charge is 0.447 e. The molecule has 14 heavy (non-hydrogen) atoms. The molecule has 0 spiro atoms. The summed E-state index contributed by atoms with van der Waals surface area (Å²) in [5.41, 5.74) is 0. The highest BCUT2D eigenvalue weighted by atomic mass is 16.3. The molecule has 0 atom stereocenters. The molecule has 0 amide bonds. The molecule has 3 nitrogen and oxygen atoms in total. The van der Waals surface area contributed by atoms with Crippen LogP contribution in [0.15, 0.2) is 17.0 Å². The number of oxazole rings is 1. The van der Waals surface area contributed by atoms with E-state index in [4.69, 9.17) is 4.42 Å². The number of rotatable bonds is 5. The summed E-state index contributed by atoms with van der Waals surface area (Å²) in [4.78, 5) is 3.91. The summed E-state index contributed by atoms with van der Waals surface area (Å²) >= 11 is 0. The number of hydrogen-bond acceptors (Lipinski definition) is 3. The molecule has 3 rings (SSSR count). The zero-order valence-corrected chi connectivity index (χ0v) is 8.28. The van der Waals surface area contributed by atoms with Crippen molar-refractivity contribution in [1.82, 2.24) is 10.3 Å². The van der Waals surface area contributed by atoms with Crippen molar-refractivity contribution >= 4 is 0 Å². The van der Waals surface area contributed by atoms with Crippen LogP contribution in [0.2, 0.25) is 0 Å². The van der Waals surface area contributed by atoms with E-state index in [0.717, 1.165) is 30.2 Å². The van der Waals surface area contributed by atoms with Gasteiger partial charge in [0, 0.05) is 6.04 Å². The fraction of sp³-hybridized carbons (Fsp3) is 0.727. The maximum Gasteiger partial charge on any atom is 0.180 e. The highest BCUT2D eigenvalue weighted by Crippen LogP contribution is 2.44. The van der Waals surface area contributed by atoms with Crippen molar-refractivity contribution in [3.05, 3.63) is 18.4 Å². The van der Waals surface area contributed by atoms with E-state index in [1.165, 1.54) is 32.1 Å². The Hall–Kier alpha value is -0.830. The lowest BCUT2D eigenvalue weighted by Crippen LogP contribution is -2.32. The molecule has 3 heteroatoms. The van der Waals surface area contributed by atoms with Crippen LogP contribution in [0, 0.1) is 11.8 Å². The van der Waals surface area contributed by atoms with Crippen LogP contribution in [0.4, 0.5) is 0 Å². The maximum absolute atomic E-state index is 5.21. The van der Waals surface area contributed by atoms with Gasteiger partial charge in [-0.05, 0) is 37.5 Å². The SMILES string of the molecule is c1ncc(CNC(C2CC2)C2CC2)o1. The zero-order valence-electron chi connectivity index (χ0n) is 8.28. The van der Waals surface area contributed by atoms with Crippen molar-refractivity contribution in [3.63, 3.8) is 0 Å². The molecule has 1 N–H and O–H groups in total. The summed E-state index contributed by atoms with van der Waals surface area (Å²) in [5, 5.41) is 3.61. The van der Waals surface area contributed by atoms with E-state index in [1.54, 1.807) is 6.20 Å². The van der Waals surface area contributed by atoms with E-state index in [1.807, 2.05) is 0 Å². The van der Waals surface area contributed by atoms with Gasteiger partial charge in [-0.1, -0.05) is 0 Å². The first-order chi connectivity index (χ1) is 6.93. The molecular formula is C11H16N2O. The van der Waals surface area contributed by atoms with Gasteiger partial charge < -0.3 is 9.73 Å². The van der Waals surface area contributed by atoms with Crippen molar-refractivity contribution < 1.29 is 4.42 Å². The highest BCUT2D eigenvalue weighted by Gasteiger charge is 2.40. The highest BCUT2D eigenvalue weighted by molar-refractivity contribution is 4.98. The molecule has 76 valence electrons. The van der Waals surface area contributed by atoms with Crippen LogP contribution < -0.4 is 5.32 Å². The zero-order chi connectivity index (χ0) is 9.38. The Kier molecular flexibility index (Phi) is 2.05. The molecule has 2 saturated carbocycles. The normalized spacial score (nSPS) is 21.8. The Morgan fingerprint density at radius 1 is 1.36 bits per heavy atom. The summed E-state index contributed by atoms with van der Waals surface area (Å²) in [7, 11) is 0. The second kappa shape index (κ2) is 3.39. The summed E-state index contributed by atoms with van der Waals surface area (Å²) in [5.74, 6) is 2.85. The topological polar surface area (TPSA) is 38.1 Å². The second-order valence-corrected chi connectivity index (χ2v) is 4.55. The predicted octanol–water partition coefficient (Wildman–Crippen LogP) is 1.95. The van der Waals surface area contributed by atoms with E-state index in [-0.39, 0.29) is 0 Å². The van der Waals surface area contributed by atoms with Crippen LogP contribution in [0.3, 0.4) is 0 Å². The van der Waals surface area contributed by atoms with E-state index in [2.05, 4.69) is 10.3 Å². The fourth-order valence-corrected chi connectivity index (χ4v) is 2.18. The lowest BCUT2D eigenvalue weighted by atomic mass is 10.1. The Balaban J connectivity index is 1.54. The van der Waals surface area contributed by atoms with Crippen LogP contribution >= 0.6 is 0 Å². The Labute approximate surface area is 83.9 Å². The van der Waals surface area contributed by atoms with Crippen molar-refractivity contribution in [1.29, 1.82) is 0 Å². The maximum atomic E-state index is 5.21. The van der Waals surface area contributed by atoms with E-state index < -0.39 is 0 Å². The summed E-state index contributed by atoms with van der Waals surface area (Å²) in [6, 6.07) is 0.750. The molecule has 1 aromatic rings. The van der Waals surface area contributed by atoms with E-state index in [0.29, 0.717) is 0 Å². The molecule has 1 aromatic heterocycles. The molecular weight excluding hydrogens is 176 g/mol. The first-order valence-electron chi connectivity index (χ1n) is 5.54. The number of aromatic nitrogens is 1. The first kappa shape index (κ1) is 8.48. The van der Waals surface area contributed by atoms with Crippen molar-refractivity contribution in [2.75, 3.05) is 0 Å². The number of hydrogen-bond donors (Lipinski definition) is 1. The third-order valence-corrected chi connectivity index (χ3v) is 3.26. The fourth-order valence-electron chi connectivity index (χ4n) is 2.18. The first-order valence-corrected chi connectivity index (χ1v) is 5.54. The van der Waals surface area contributed by atoms with Crippen LogP contribution in [-0.2, 0) is 6.54 Å². The summed E-state index contributed by atoms with van der Waals surface area (Å²) < 4.78 is 5.21. The molecule has 0 aliphatic heterocycles. The quantitative estimate of drug-likeness (QED) is 0.775. The minimum Gasteiger partial charge on any atom is -0.447 e. The smallest absolute Gasteiger partial charge is 0.180 e. The molecule has 0 saturated heterocycles. The standard InChI is InChI=1S/C11H16N2O/c1-2-8(1)11(9-3-4-9)13-6-10-5-12-7-14-10/h5,7-9,11,13H,1-4,6H2. The lowest BCUT2D eigenvalue weighted by Gasteiger charge is -2.16. The van der Waals surface area contributed by atoms with Crippen LogP contribution in [0.5, 0.6) is 0 Å². The van der Waals surface area contributed by atoms with Gasteiger partial charge in [-0.15, -0.1) is 0 Å². The van der Waals surface area contributed by atoms with Gasteiger partial charge in [0.1, 0.15) is 5.76 Å². The Bertz CT molecular complexity index is 276. The molecule has 0 aromatic carbocycles. The Morgan fingerprint density at radius 3 is 2.57 bits per heavy atom. The lowest BCUT2D eigenvalue weighted by molar-refractivity contribution is 0.386. The van der Waals surface area contributed by atoms with Gasteiger partial charge in [-0.25, -0.2) is 4.98 Å².